The van der Waals surface area contributed by atoms with Crippen LogP contribution in [0.4, 0.5) is 0 Å². The van der Waals surface area contributed by atoms with Gasteiger partial charge in [-0.3, -0.25) is 4.79 Å². The third-order valence-electron chi connectivity index (χ3n) is 4.34. The van der Waals surface area contributed by atoms with Crippen LogP contribution in [0.25, 0.3) is 21.9 Å². The van der Waals surface area contributed by atoms with Gasteiger partial charge in [-0.1, -0.05) is 24.3 Å². The number of thiophene rings is 1. The number of carbonyl (C=O) groups is 2. The predicted molar refractivity (Wildman–Crippen MR) is 111 cm³/mol. The van der Waals surface area contributed by atoms with Crippen molar-refractivity contribution in [2.75, 3.05) is 19.8 Å². The molecule has 0 saturated carbocycles. The summed E-state index contributed by atoms with van der Waals surface area (Å²) in [5.41, 5.74) is 1.55. The number of fused-ring (bicyclic) bond motifs is 3. The Kier molecular flexibility index (Phi) is 5.76. The number of para-hydroxylation sites is 1. The van der Waals surface area contributed by atoms with Crippen LogP contribution >= 0.6 is 11.3 Å². The molecule has 2 aromatic heterocycles. The van der Waals surface area contributed by atoms with E-state index in [4.69, 9.17) is 13.9 Å². The summed E-state index contributed by atoms with van der Waals surface area (Å²) >= 11 is 1.64. The fraction of sp³-hybridized carbons (Fsp3) is 0.182. The molecule has 2 heterocycles. The first-order valence-corrected chi connectivity index (χ1v) is 10.1. The summed E-state index contributed by atoms with van der Waals surface area (Å²) in [6.45, 7) is -0.0894. The minimum atomic E-state index is -0.601. The Morgan fingerprint density at radius 3 is 2.69 bits per heavy atom. The number of ether oxygens (including phenoxy) is 2. The normalized spacial score (nSPS) is 10.9. The van der Waals surface area contributed by atoms with Crippen molar-refractivity contribution in [1.29, 1.82) is 0 Å². The quantitative estimate of drug-likeness (QED) is 0.446. The van der Waals surface area contributed by atoms with Crippen molar-refractivity contribution < 1.29 is 23.5 Å². The SMILES string of the molecule is O=C(COC(=O)COc1ccc2oc3ccccc3c2c1)NCCc1cccs1. The molecule has 0 radical (unpaired) electrons. The number of hydrogen-bond acceptors (Lipinski definition) is 6. The van der Waals surface area contributed by atoms with Crippen molar-refractivity contribution in [3.63, 3.8) is 0 Å². The molecule has 29 heavy (non-hydrogen) atoms. The first kappa shape index (κ1) is 19.0. The highest BCUT2D eigenvalue weighted by Gasteiger charge is 2.11. The number of esters is 1. The van der Waals surface area contributed by atoms with Gasteiger partial charge in [0.25, 0.3) is 5.91 Å². The number of furan rings is 1. The van der Waals surface area contributed by atoms with Crippen LogP contribution in [0.2, 0.25) is 0 Å². The number of benzene rings is 2. The van der Waals surface area contributed by atoms with Gasteiger partial charge in [0.2, 0.25) is 0 Å². The van der Waals surface area contributed by atoms with E-state index >= 15 is 0 Å². The second-order valence-electron chi connectivity index (χ2n) is 6.38. The van der Waals surface area contributed by atoms with E-state index in [2.05, 4.69) is 5.32 Å². The maximum atomic E-state index is 11.9. The number of hydrogen-bond donors (Lipinski definition) is 1. The topological polar surface area (TPSA) is 77.8 Å². The molecular formula is C22H19NO5S. The lowest BCUT2D eigenvalue weighted by molar-refractivity contribution is -0.150. The van der Waals surface area contributed by atoms with Crippen LogP contribution < -0.4 is 10.1 Å². The molecule has 0 aliphatic heterocycles. The standard InChI is InChI=1S/C22H19NO5S/c24-21(23-10-9-16-4-3-11-29-16)13-27-22(25)14-26-15-7-8-20-18(12-15)17-5-1-2-6-19(17)28-20/h1-8,11-12H,9-10,13-14H2,(H,23,24). The van der Waals surface area contributed by atoms with E-state index in [-0.39, 0.29) is 19.1 Å². The number of amides is 1. The van der Waals surface area contributed by atoms with Gasteiger partial charge in [-0.25, -0.2) is 4.79 Å². The van der Waals surface area contributed by atoms with Gasteiger partial charge in [-0.2, -0.15) is 0 Å². The van der Waals surface area contributed by atoms with Gasteiger partial charge in [-0.05, 0) is 42.1 Å². The van der Waals surface area contributed by atoms with Crippen molar-refractivity contribution in [3.05, 3.63) is 64.9 Å². The maximum Gasteiger partial charge on any atom is 0.344 e. The first-order chi connectivity index (χ1) is 14.2. The second kappa shape index (κ2) is 8.79. The molecule has 0 saturated heterocycles. The highest BCUT2D eigenvalue weighted by atomic mass is 32.1. The summed E-state index contributed by atoms with van der Waals surface area (Å²) in [5.74, 6) is -0.404. The molecular weight excluding hydrogens is 390 g/mol. The predicted octanol–water partition coefficient (Wildman–Crippen LogP) is 3.93. The molecule has 148 valence electrons. The molecule has 6 nitrogen and oxygen atoms in total. The molecule has 1 N–H and O–H groups in total. The summed E-state index contributed by atoms with van der Waals surface area (Å²) in [4.78, 5) is 24.8. The van der Waals surface area contributed by atoms with Gasteiger partial charge in [0.05, 0.1) is 0 Å². The Bertz CT molecular complexity index is 1130. The van der Waals surface area contributed by atoms with Crippen molar-refractivity contribution in [3.8, 4) is 5.75 Å². The summed E-state index contributed by atoms with van der Waals surface area (Å²) in [7, 11) is 0. The Labute approximate surface area is 171 Å². The van der Waals surface area contributed by atoms with Crippen molar-refractivity contribution in [2.24, 2.45) is 0 Å². The molecule has 0 fully saturated rings. The van der Waals surface area contributed by atoms with E-state index in [9.17, 15) is 9.59 Å². The Hall–Kier alpha value is -3.32. The van der Waals surface area contributed by atoms with E-state index in [1.807, 2.05) is 47.8 Å². The van der Waals surface area contributed by atoms with E-state index in [1.165, 1.54) is 4.88 Å². The summed E-state index contributed by atoms with van der Waals surface area (Å²) < 4.78 is 16.2. The molecule has 7 heteroatoms. The van der Waals surface area contributed by atoms with Crippen LogP contribution in [0.15, 0.2) is 64.4 Å². The van der Waals surface area contributed by atoms with Crippen molar-refractivity contribution in [2.45, 2.75) is 6.42 Å². The van der Waals surface area contributed by atoms with Gasteiger partial charge in [-0.15, -0.1) is 11.3 Å². The van der Waals surface area contributed by atoms with E-state index in [0.717, 1.165) is 28.4 Å². The molecule has 4 aromatic rings. The fourth-order valence-corrected chi connectivity index (χ4v) is 3.66. The monoisotopic (exact) mass is 409 g/mol. The van der Waals surface area contributed by atoms with Gasteiger partial charge in [0, 0.05) is 22.2 Å². The molecule has 0 atom stereocenters. The summed E-state index contributed by atoms with van der Waals surface area (Å²) in [6.07, 6.45) is 0.756. The molecule has 0 spiro atoms. The van der Waals surface area contributed by atoms with Gasteiger partial charge < -0.3 is 19.2 Å². The highest BCUT2D eigenvalue weighted by molar-refractivity contribution is 7.09. The highest BCUT2D eigenvalue weighted by Crippen LogP contribution is 2.31. The first-order valence-electron chi connectivity index (χ1n) is 9.18. The largest absolute Gasteiger partial charge is 0.482 e. The minimum Gasteiger partial charge on any atom is -0.482 e. The zero-order chi connectivity index (χ0) is 20.1. The maximum absolute atomic E-state index is 11.9. The number of carbonyl (C=O) groups excluding carboxylic acids is 2. The van der Waals surface area contributed by atoms with E-state index < -0.39 is 5.97 Å². The lowest BCUT2D eigenvalue weighted by atomic mass is 10.1. The average Bonchev–Trinajstić information content (AvgIpc) is 3.38. The summed E-state index contributed by atoms with van der Waals surface area (Å²) in [6, 6.07) is 17.1. The average molecular weight is 409 g/mol. The molecule has 1 amide bonds. The van der Waals surface area contributed by atoms with Crippen LogP contribution in [0, 0.1) is 0 Å². The third-order valence-corrected chi connectivity index (χ3v) is 5.28. The van der Waals surface area contributed by atoms with Gasteiger partial charge in [0.15, 0.2) is 13.2 Å². The van der Waals surface area contributed by atoms with Crippen LogP contribution in [0.3, 0.4) is 0 Å². The van der Waals surface area contributed by atoms with E-state index in [1.54, 1.807) is 23.5 Å². The molecule has 0 aliphatic rings. The summed E-state index contributed by atoms with van der Waals surface area (Å²) in [5, 5.41) is 6.61. The molecule has 0 unspecified atom stereocenters. The van der Waals surface area contributed by atoms with Crippen molar-refractivity contribution >= 4 is 45.2 Å². The smallest absolute Gasteiger partial charge is 0.344 e. The minimum absolute atomic E-state index is 0.274. The molecule has 0 aliphatic carbocycles. The van der Waals surface area contributed by atoms with Crippen LogP contribution in [0.5, 0.6) is 5.75 Å². The fourth-order valence-electron chi connectivity index (χ4n) is 2.96. The number of nitrogens with one attached hydrogen (secondary N) is 1. The second-order valence-corrected chi connectivity index (χ2v) is 7.42. The Balaban J connectivity index is 1.24. The van der Waals surface area contributed by atoms with Crippen molar-refractivity contribution in [1.82, 2.24) is 5.32 Å². The Morgan fingerprint density at radius 1 is 0.966 bits per heavy atom. The molecule has 0 bridgehead atoms. The molecule has 2 aromatic carbocycles. The van der Waals surface area contributed by atoms with Crippen LogP contribution in [0.1, 0.15) is 4.88 Å². The van der Waals surface area contributed by atoms with Gasteiger partial charge >= 0.3 is 5.97 Å². The molecule has 4 rings (SSSR count). The van der Waals surface area contributed by atoms with Gasteiger partial charge in [0.1, 0.15) is 16.9 Å². The zero-order valence-electron chi connectivity index (χ0n) is 15.6. The third kappa shape index (κ3) is 4.75. The van der Waals surface area contributed by atoms with Crippen LogP contribution in [-0.4, -0.2) is 31.6 Å². The number of rotatable bonds is 8. The lowest BCUT2D eigenvalue weighted by Crippen LogP contribution is -2.31. The lowest BCUT2D eigenvalue weighted by Gasteiger charge is -2.08. The van der Waals surface area contributed by atoms with Crippen LogP contribution in [-0.2, 0) is 20.7 Å². The van der Waals surface area contributed by atoms with E-state index in [0.29, 0.717) is 12.3 Å². The Morgan fingerprint density at radius 2 is 1.83 bits per heavy atom. The zero-order valence-corrected chi connectivity index (χ0v) is 16.4.